The summed E-state index contributed by atoms with van der Waals surface area (Å²) in [5, 5.41) is 20.2. The molecule has 2 aliphatic carbocycles. The number of nitrogens with zero attached hydrogens (tertiary/aromatic N) is 8. The minimum absolute atomic E-state index is 0. The predicted octanol–water partition coefficient (Wildman–Crippen LogP) is 8.02. The van der Waals surface area contributed by atoms with E-state index in [1.807, 2.05) is 104 Å². The Labute approximate surface area is 441 Å². The van der Waals surface area contributed by atoms with Crippen LogP contribution in [0.15, 0.2) is 103 Å². The van der Waals surface area contributed by atoms with Gasteiger partial charge in [0.15, 0.2) is 24.0 Å². The van der Waals surface area contributed by atoms with Gasteiger partial charge in [-0.05, 0) is 122 Å². The fourth-order valence-corrected chi connectivity index (χ4v) is 10.5. The molecular formula is C53H60BBrN10O10. The largest absolute Gasteiger partial charge is 0.491 e. The Balaban J connectivity index is 0.000000143. The maximum Gasteiger partial charge on any atom is 0.454 e. The van der Waals surface area contributed by atoms with Crippen molar-refractivity contribution in [2.75, 3.05) is 24.7 Å². The van der Waals surface area contributed by atoms with Gasteiger partial charge in [-0.25, -0.2) is 19.9 Å². The first-order valence-corrected chi connectivity index (χ1v) is 25.7. The number of aromatic nitrogens is 8. The molecule has 8 aromatic rings. The third-order valence-electron chi connectivity index (χ3n) is 14.1. The smallest absolute Gasteiger partial charge is 0.454 e. The lowest BCUT2D eigenvalue weighted by molar-refractivity contribution is -0.199. The number of halogens is 1. The quantitative estimate of drug-likeness (QED) is 0.0946. The molecule has 392 valence electrons. The normalized spacial score (nSPS) is 26.0. The highest BCUT2D eigenvalue weighted by molar-refractivity contribution is 9.10. The molecule has 6 N–H and O–H groups in total. The number of hydrogen-bond acceptors (Lipinski definition) is 18. The van der Waals surface area contributed by atoms with Crippen LogP contribution in [0.5, 0.6) is 11.5 Å². The summed E-state index contributed by atoms with van der Waals surface area (Å²) in [5.41, 5.74) is 16.5. The minimum atomic E-state index is -1.04. The van der Waals surface area contributed by atoms with E-state index in [0.29, 0.717) is 47.8 Å². The van der Waals surface area contributed by atoms with E-state index in [1.54, 1.807) is 6.20 Å². The van der Waals surface area contributed by atoms with Crippen LogP contribution in [0.25, 0.3) is 43.9 Å². The lowest BCUT2D eigenvalue weighted by Crippen LogP contribution is -2.33. The third-order valence-corrected chi connectivity index (χ3v) is 14.5. The van der Waals surface area contributed by atoms with Crippen molar-refractivity contribution in [3.05, 3.63) is 108 Å². The van der Waals surface area contributed by atoms with E-state index in [-0.39, 0.29) is 49.9 Å². The maximum absolute atomic E-state index is 8.25. The average Bonchev–Trinajstić information content (AvgIpc) is 4.20. The zero-order chi connectivity index (χ0) is 51.0. The summed E-state index contributed by atoms with van der Waals surface area (Å²) in [6.45, 7) is 8.26. The van der Waals surface area contributed by atoms with Crippen molar-refractivity contribution < 1.29 is 47.9 Å². The molecule has 2 saturated carbocycles. The van der Waals surface area contributed by atoms with Gasteiger partial charge in [-0.3, -0.25) is 9.97 Å². The molecule has 4 saturated heterocycles. The Kier molecular flexibility index (Phi) is 13.7. The number of nitrogens with two attached hydrogens (primary N) is 2. The van der Waals surface area contributed by atoms with E-state index >= 15 is 0 Å². The van der Waals surface area contributed by atoms with Crippen LogP contribution in [-0.2, 0) is 28.4 Å². The number of pyridine rings is 2. The average molecular weight is 1090 g/mol. The number of benzene rings is 2. The Morgan fingerprint density at radius 3 is 1.57 bits per heavy atom. The molecule has 10 heterocycles. The van der Waals surface area contributed by atoms with Gasteiger partial charge in [0.25, 0.3) is 0 Å². The van der Waals surface area contributed by atoms with Crippen molar-refractivity contribution in [3.63, 3.8) is 0 Å². The molecule has 20 nitrogen and oxygen atoms in total. The zero-order valence-electron chi connectivity index (χ0n) is 41.1. The second kappa shape index (κ2) is 20.1. The maximum atomic E-state index is 8.25. The summed E-state index contributed by atoms with van der Waals surface area (Å²) < 4.78 is 54.9. The van der Waals surface area contributed by atoms with E-state index in [4.69, 9.17) is 59.4 Å². The minimum Gasteiger partial charge on any atom is -0.491 e. The Hall–Kier alpha value is -6.08. The van der Waals surface area contributed by atoms with Crippen molar-refractivity contribution in [2.24, 2.45) is 0 Å². The van der Waals surface area contributed by atoms with Crippen molar-refractivity contribution in [2.45, 2.75) is 133 Å². The Morgan fingerprint density at radius 1 is 0.627 bits per heavy atom. The lowest BCUT2D eigenvalue weighted by atomic mass is 9.84. The van der Waals surface area contributed by atoms with Crippen molar-refractivity contribution in [1.29, 1.82) is 0 Å². The molecule has 0 radical (unpaired) electrons. The fraction of sp³-hybridized carbons (Fsp3) is 0.434. The van der Waals surface area contributed by atoms with Gasteiger partial charge in [-0.2, -0.15) is 0 Å². The SMILES string of the molecule is C.CC1(C)O[C@@H]2[C@H](O1)[C@@H](COc1ccc3cc(Br)cnc3c1)O[C@H]2n1ccc2c(N)ncnc21.CC1(C)O[C@@H]2[C@H](O1)[C@@H](COc1ccc3cc(C4CC4)cnc3c1)O[C@H]2n1ccc2c(N)ncnc21.OB(O)C1CC1. The highest BCUT2D eigenvalue weighted by atomic mass is 79.9. The van der Waals surface area contributed by atoms with E-state index in [0.717, 1.165) is 55.6 Å². The second-order valence-corrected chi connectivity index (χ2v) is 21.4. The molecular weight excluding hydrogens is 1030 g/mol. The van der Waals surface area contributed by atoms with Crippen LogP contribution in [0, 0.1) is 0 Å². The van der Waals surface area contributed by atoms with Crippen LogP contribution in [0.2, 0.25) is 5.82 Å². The molecule has 0 spiro atoms. The Morgan fingerprint density at radius 2 is 1.11 bits per heavy atom. The summed E-state index contributed by atoms with van der Waals surface area (Å²) in [5.74, 6) is 1.76. The van der Waals surface area contributed by atoms with E-state index in [9.17, 15) is 0 Å². The van der Waals surface area contributed by atoms with Crippen molar-refractivity contribution in [3.8, 4) is 11.5 Å². The zero-order valence-corrected chi connectivity index (χ0v) is 42.7. The molecule has 0 amide bonds. The molecule has 4 aliphatic heterocycles. The molecule has 2 aromatic carbocycles. The molecule has 0 unspecified atom stereocenters. The van der Waals surface area contributed by atoms with Crippen LogP contribution < -0.4 is 20.9 Å². The summed E-state index contributed by atoms with van der Waals surface area (Å²) in [7, 11) is -1.04. The molecule has 0 bridgehead atoms. The summed E-state index contributed by atoms with van der Waals surface area (Å²) >= 11 is 3.45. The highest BCUT2D eigenvalue weighted by Crippen LogP contribution is 2.46. The molecule has 6 aliphatic rings. The number of nitrogen functional groups attached to an aromatic ring is 2. The first-order chi connectivity index (χ1) is 35.6. The van der Waals surface area contributed by atoms with E-state index in [1.165, 1.54) is 31.1 Å². The van der Waals surface area contributed by atoms with Crippen LogP contribution in [0.4, 0.5) is 11.6 Å². The summed E-state index contributed by atoms with van der Waals surface area (Å²) in [6, 6.07) is 19.9. The van der Waals surface area contributed by atoms with Gasteiger partial charge >= 0.3 is 7.12 Å². The number of ether oxygens (including phenoxy) is 8. The first kappa shape index (κ1) is 51.1. The molecule has 22 heteroatoms. The molecule has 8 atom stereocenters. The van der Waals surface area contributed by atoms with Gasteiger partial charge in [-0.1, -0.05) is 20.3 Å². The monoisotopic (exact) mass is 1090 g/mol. The third kappa shape index (κ3) is 10.5. The summed E-state index contributed by atoms with van der Waals surface area (Å²) in [6.07, 6.45) is 12.2. The van der Waals surface area contributed by atoms with Crippen LogP contribution >= 0.6 is 15.9 Å². The topological polar surface area (TPSA) is 254 Å². The van der Waals surface area contributed by atoms with Crippen molar-refractivity contribution in [1.82, 2.24) is 39.0 Å². The molecule has 75 heavy (non-hydrogen) atoms. The lowest BCUT2D eigenvalue weighted by Gasteiger charge is -2.25. The van der Waals surface area contributed by atoms with Crippen molar-refractivity contribution >= 4 is 78.6 Å². The van der Waals surface area contributed by atoms with Crippen LogP contribution in [0.1, 0.15) is 84.7 Å². The number of rotatable bonds is 10. The number of hydrogen-bond donors (Lipinski definition) is 4. The molecule has 6 fully saturated rings. The molecule has 14 rings (SSSR count). The van der Waals surface area contributed by atoms with Gasteiger partial charge in [0, 0.05) is 52.2 Å². The standard InChI is InChI=1S/C26H27N5O4.C23H22BrN5O4.C3H7BO2.CH4/c1-26(2)34-21-20(12-32-17-6-5-15-9-16(14-3-4-14)11-28-19(15)10-17)33-25(22(21)35-26)31-8-7-18-23(27)29-13-30-24(18)31;1-23(2)32-18-17(10-30-14-4-3-12-7-13(24)9-26-16(12)8-14)31-22(19(18)33-23)29-6-5-15-20(25)27-11-28-21(15)29;5-4(6)3-1-2-3;/h5-11,13-14,20-22,25H,3-4,12H2,1-2H3,(H2,27,29,30);3-9,11,17-19,22H,10H2,1-2H3,(H2,25,27,28);3,5-6H,1-2H2;1H4/t20-,21-,22-,25-;17-,18-,19-,22-;;/m11../s1. The predicted molar refractivity (Wildman–Crippen MR) is 283 cm³/mol. The van der Waals surface area contributed by atoms with Gasteiger partial charge < -0.3 is 68.5 Å². The summed E-state index contributed by atoms with van der Waals surface area (Å²) in [4.78, 5) is 26.1. The van der Waals surface area contributed by atoms with Gasteiger partial charge in [-0.15, -0.1) is 0 Å². The van der Waals surface area contributed by atoms with E-state index in [2.05, 4.69) is 58.0 Å². The van der Waals surface area contributed by atoms with E-state index < -0.39 is 31.1 Å². The number of fused-ring (bicyclic) bond motifs is 6. The number of anilines is 2. The first-order valence-electron chi connectivity index (χ1n) is 24.9. The van der Waals surface area contributed by atoms with Crippen LogP contribution in [-0.4, -0.2) is 118 Å². The van der Waals surface area contributed by atoms with Crippen LogP contribution in [0.3, 0.4) is 0 Å². The van der Waals surface area contributed by atoms with Gasteiger partial charge in [0.1, 0.15) is 96.9 Å². The molecule has 6 aromatic heterocycles. The Bertz CT molecular complexity index is 3370. The second-order valence-electron chi connectivity index (χ2n) is 20.5. The highest BCUT2D eigenvalue weighted by Gasteiger charge is 2.57. The van der Waals surface area contributed by atoms with Gasteiger partial charge in [0.05, 0.1) is 21.8 Å². The van der Waals surface area contributed by atoms with Gasteiger partial charge in [0.2, 0.25) is 0 Å². The fourth-order valence-electron chi connectivity index (χ4n) is 10.2.